The molecular weight excluding hydrogens is 150 g/mol. The Hall–Kier alpha value is -0.0800. The van der Waals surface area contributed by atoms with E-state index in [0.29, 0.717) is 11.8 Å². The van der Waals surface area contributed by atoms with Crippen LogP contribution in [-0.4, -0.2) is 23.8 Å². The topological polar surface area (TPSA) is 32.3 Å². The van der Waals surface area contributed by atoms with E-state index in [2.05, 4.69) is 12.2 Å². The van der Waals surface area contributed by atoms with Crippen LogP contribution in [-0.2, 0) is 0 Å². The summed E-state index contributed by atoms with van der Waals surface area (Å²) < 4.78 is 0. The van der Waals surface area contributed by atoms with Crippen molar-refractivity contribution >= 4 is 0 Å². The van der Waals surface area contributed by atoms with Crippen LogP contribution < -0.4 is 5.32 Å². The van der Waals surface area contributed by atoms with Crippen molar-refractivity contribution in [2.75, 3.05) is 13.1 Å². The lowest BCUT2D eigenvalue weighted by atomic mass is 9.65. The van der Waals surface area contributed by atoms with Crippen LogP contribution in [0.5, 0.6) is 0 Å². The van der Waals surface area contributed by atoms with Crippen LogP contribution >= 0.6 is 0 Å². The summed E-state index contributed by atoms with van der Waals surface area (Å²) >= 11 is 0. The van der Waals surface area contributed by atoms with Crippen molar-refractivity contribution in [3.63, 3.8) is 0 Å². The smallest absolute Gasteiger partial charge is 0.0725 e. The molecule has 2 atom stereocenters. The predicted molar refractivity (Wildman–Crippen MR) is 48.9 cm³/mol. The molecule has 2 fully saturated rings. The highest BCUT2D eigenvalue weighted by atomic mass is 16.3. The number of aliphatic hydroxyl groups is 1. The van der Waals surface area contributed by atoms with Gasteiger partial charge in [0.15, 0.2) is 0 Å². The average Bonchev–Trinajstić information content (AvgIpc) is 1.92. The van der Waals surface area contributed by atoms with Crippen LogP contribution in [0.1, 0.15) is 32.6 Å². The Labute approximate surface area is 74.4 Å². The molecule has 12 heavy (non-hydrogen) atoms. The van der Waals surface area contributed by atoms with Crippen LogP contribution in [0.15, 0.2) is 0 Å². The molecule has 1 heterocycles. The zero-order chi connectivity index (χ0) is 8.60. The Morgan fingerprint density at radius 2 is 2.17 bits per heavy atom. The number of nitrogens with one attached hydrogen (secondary N) is 1. The predicted octanol–water partition coefficient (Wildman–Crippen LogP) is 1.15. The Bertz CT molecular complexity index is 163. The van der Waals surface area contributed by atoms with Crippen LogP contribution in [0, 0.1) is 11.8 Å². The maximum Gasteiger partial charge on any atom is 0.0725 e. The second-order valence-corrected chi connectivity index (χ2v) is 4.47. The highest BCUT2D eigenvalue weighted by Crippen LogP contribution is 2.43. The first kappa shape index (κ1) is 8.52. The van der Waals surface area contributed by atoms with E-state index in [4.69, 9.17) is 0 Å². The molecular formula is C10H19NO. The van der Waals surface area contributed by atoms with Gasteiger partial charge in [-0.2, -0.15) is 0 Å². The minimum absolute atomic E-state index is 0.330. The van der Waals surface area contributed by atoms with Gasteiger partial charge in [-0.3, -0.25) is 0 Å². The Morgan fingerprint density at radius 1 is 1.42 bits per heavy atom. The highest BCUT2D eigenvalue weighted by molar-refractivity contribution is 4.97. The van der Waals surface area contributed by atoms with Crippen LogP contribution in [0.3, 0.4) is 0 Å². The van der Waals surface area contributed by atoms with Gasteiger partial charge in [0, 0.05) is 6.54 Å². The lowest BCUT2D eigenvalue weighted by Gasteiger charge is -2.48. The minimum atomic E-state index is -0.330. The molecule has 70 valence electrons. The molecule has 2 nitrogen and oxygen atoms in total. The maximum atomic E-state index is 10.4. The summed E-state index contributed by atoms with van der Waals surface area (Å²) in [5.74, 6) is 1.05. The fourth-order valence-electron chi connectivity index (χ4n) is 2.54. The zero-order valence-corrected chi connectivity index (χ0v) is 7.84. The fourth-order valence-corrected chi connectivity index (χ4v) is 2.54. The van der Waals surface area contributed by atoms with Crippen molar-refractivity contribution in [1.82, 2.24) is 5.32 Å². The first-order valence-electron chi connectivity index (χ1n) is 5.16. The quantitative estimate of drug-likeness (QED) is 0.617. The molecule has 1 saturated carbocycles. The van der Waals surface area contributed by atoms with Gasteiger partial charge in [-0.1, -0.05) is 13.3 Å². The van der Waals surface area contributed by atoms with Crippen molar-refractivity contribution < 1.29 is 5.11 Å². The van der Waals surface area contributed by atoms with Gasteiger partial charge in [0.25, 0.3) is 0 Å². The molecule has 1 saturated heterocycles. The second-order valence-electron chi connectivity index (χ2n) is 4.47. The van der Waals surface area contributed by atoms with E-state index < -0.39 is 0 Å². The van der Waals surface area contributed by atoms with Gasteiger partial charge in [0.2, 0.25) is 0 Å². The molecule has 0 aromatic heterocycles. The van der Waals surface area contributed by atoms with Crippen LogP contribution in [0.2, 0.25) is 0 Å². The number of piperidine rings is 1. The second kappa shape index (κ2) is 3.00. The molecule has 0 spiro atoms. The normalized spacial score (nSPS) is 44.0. The van der Waals surface area contributed by atoms with Crippen molar-refractivity contribution in [1.29, 1.82) is 0 Å². The lowest BCUT2D eigenvalue weighted by Crippen LogP contribution is -2.55. The molecule has 2 heteroatoms. The van der Waals surface area contributed by atoms with E-state index in [1.54, 1.807) is 0 Å². The molecule has 2 N–H and O–H groups in total. The monoisotopic (exact) mass is 169 g/mol. The highest BCUT2D eigenvalue weighted by Gasteiger charge is 2.45. The molecule has 0 aromatic carbocycles. The summed E-state index contributed by atoms with van der Waals surface area (Å²) in [7, 11) is 0. The third kappa shape index (κ3) is 1.17. The molecule has 2 unspecified atom stereocenters. The summed E-state index contributed by atoms with van der Waals surface area (Å²) in [5, 5.41) is 13.8. The van der Waals surface area contributed by atoms with Gasteiger partial charge >= 0.3 is 0 Å². The summed E-state index contributed by atoms with van der Waals surface area (Å²) in [6, 6.07) is 0. The Morgan fingerprint density at radius 3 is 2.67 bits per heavy atom. The Kier molecular flexibility index (Phi) is 2.13. The van der Waals surface area contributed by atoms with E-state index >= 15 is 0 Å². The SMILES string of the molecule is CC1CNCCC1(O)C1CCC1. The number of hydrogen-bond acceptors (Lipinski definition) is 2. The third-order valence-electron chi connectivity index (χ3n) is 3.82. The number of hydrogen-bond donors (Lipinski definition) is 2. The van der Waals surface area contributed by atoms with Crippen molar-refractivity contribution in [2.24, 2.45) is 11.8 Å². The van der Waals surface area contributed by atoms with Gasteiger partial charge < -0.3 is 10.4 Å². The van der Waals surface area contributed by atoms with Crippen LogP contribution in [0.25, 0.3) is 0 Å². The molecule has 1 aliphatic heterocycles. The molecule has 0 radical (unpaired) electrons. The van der Waals surface area contributed by atoms with Gasteiger partial charge in [0.05, 0.1) is 5.60 Å². The third-order valence-corrected chi connectivity index (χ3v) is 3.82. The molecule has 0 aromatic rings. The molecule has 1 aliphatic carbocycles. The lowest BCUT2D eigenvalue weighted by molar-refractivity contribution is -0.106. The van der Waals surface area contributed by atoms with E-state index in [-0.39, 0.29) is 5.60 Å². The first-order chi connectivity index (χ1) is 5.73. The van der Waals surface area contributed by atoms with Crippen molar-refractivity contribution in [3.8, 4) is 0 Å². The van der Waals surface area contributed by atoms with Gasteiger partial charge in [-0.15, -0.1) is 0 Å². The average molecular weight is 169 g/mol. The fraction of sp³-hybridized carbons (Fsp3) is 1.00. The molecule has 0 bridgehead atoms. The summed E-state index contributed by atoms with van der Waals surface area (Å²) in [6.07, 6.45) is 4.79. The minimum Gasteiger partial charge on any atom is -0.389 e. The van der Waals surface area contributed by atoms with Crippen molar-refractivity contribution in [2.45, 2.75) is 38.2 Å². The first-order valence-corrected chi connectivity index (χ1v) is 5.16. The maximum absolute atomic E-state index is 10.4. The van der Waals surface area contributed by atoms with E-state index in [1.807, 2.05) is 0 Å². The largest absolute Gasteiger partial charge is 0.389 e. The standard InChI is InChI=1S/C10H19NO/c1-8-7-11-6-5-10(8,12)9-3-2-4-9/h8-9,11-12H,2-7H2,1H3. The van der Waals surface area contributed by atoms with E-state index in [1.165, 1.54) is 19.3 Å². The Balaban J connectivity index is 2.04. The summed E-state index contributed by atoms with van der Waals surface area (Å²) in [4.78, 5) is 0. The molecule has 2 rings (SSSR count). The summed E-state index contributed by atoms with van der Waals surface area (Å²) in [5.41, 5.74) is -0.330. The van der Waals surface area contributed by atoms with Gasteiger partial charge in [-0.05, 0) is 37.6 Å². The van der Waals surface area contributed by atoms with Gasteiger partial charge in [-0.25, -0.2) is 0 Å². The van der Waals surface area contributed by atoms with Crippen molar-refractivity contribution in [3.05, 3.63) is 0 Å². The number of rotatable bonds is 1. The summed E-state index contributed by atoms with van der Waals surface area (Å²) in [6.45, 7) is 4.16. The van der Waals surface area contributed by atoms with Crippen LogP contribution in [0.4, 0.5) is 0 Å². The van der Waals surface area contributed by atoms with E-state index in [0.717, 1.165) is 19.5 Å². The molecule has 0 amide bonds. The van der Waals surface area contributed by atoms with E-state index in [9.17, 15) is 5.11 Å². The zero-order valence-electron chi connectivity index (χ0n) is 7.84. The van der Waals surface area contributed by atoms with Gasteiger partial charge in [0.1, 0.15) is 0 Å². The molecule has 2 aliphatic rings.